The van der Waals surface area contributed by atoms with Gasteiger partial charge >= 0.3 is 17.9 Å². The van der Waals surface area contributed by atoms with Crippen LogP contribution in [-0.2, 0) is 4.74 Å². The highest BCUT2D eigenvalue weighted by molar-refractivity contribution is 5.84. The summed E-state index contributed by atoms with van der Waals surface area (Å²) in [6.45, 7) is 6.03. The molecule has 3 fully saturated rings. The monoisotopic (exact) mass is 426 g/mol. The lowest BCUT2D eigenvalue weighted by Gasteiger charge is -2.48. The highest BCUT2D eigenvalue weighted by Gasteiger charge is 2.50. The van der Waals surface area contributed by atoms with Crippen LogP contribution in [0.2, 0.25) is 0 Å². The van der Waals surface area contributed by atoms with Crippen LogP contribution in [0.25, 0.3) is 0 Å². The van der Waals surface area contributed by atoms with Gasteiger partial charge in [0.1, 0.15) is 5.75 Å². The lowest BCUT2D eigenvalue weighted by Crippen LogP contribution is -2.56. The number of nitrogens with zero attached hydrogens (tertiary/aromatic N) is 4. The molecule has 2 aromatic rings. The highest BCUT2D eigenvalue weighted by Crippen LogP contribution is 2.49. The number of carbonyl (C=O) groups excluding carboxylic acids is 1. The molecule has 5 rings (SSSR count). The van der Waals surface area contributed by atoms with E-state index in [2.05, 4.69) is 26.1 Å². The molecule has 1 aromatic carbocycles. The summed E-state index contributed by atoms with van der Waals surface area (Å²) in [7, 11) is 0. The minimum Gasteiger partial charge on any atom is -0.508 e. The van der Waals surface area contributed by atoms with Crippen LogP contribution in [0.4, 0.5) is 6.01 Å². The SMILES string of the molecule is CCOC(=O)c1nnc(N2CC3(CC[C@@H](N4CCC(c5ccccc5O)CC4)C3)C2)o1. The van der Waals surface area contributed by atoms with Crippen LogP contribution >= 0.6 is 0 Å². The molecule has 31 heavy (non-hydrogen) atoms. The fraction of sp³-hybridized carbons (Fsp3) is 0.609. The smallest absolute Gasteiger partial charge is 0.396 e. The van der Waals surface area contributed by atoms with Crippen LogP contribution < -0.4 is 4.90 Å². The standard InChI is InChI=1S/C23H30N4O4/c1-2-30-21(29)20-24-25-22(31-20)27-14-23(15-27)10-7-17(13-23)26-11-8-16(9-12-26)18-5-3-4-6-19(18)28/h3-6,16-17,28H,2,7-15H2,1H3/t17-/m1/s1. The predicted octanol–water partition coefficient (Wildman–Crippen LogP) is 3.19. The Morgan fingerprint density at radius 1 is 1.23 bits per heavy atom. The van der Waals surface area contributed by atoms with Crippen molar-refractivity contribution in [2.24, 2.45) is 5.41 Å². The van der Waals surface area contributed by atoms with Gasteiger partial charge in [-0.3, -0.25) is 0 Å². The second-order valence-electron chi connectivity index (χ2n) is 9.23. The van der Waals surface area contributed by atoms with Crippen molar-refractivity contribution in [1.29, 1.82) is 0 Å². The van der Waals surface area contributed by atoms with Gasteiger partial charge in [-0.2, -0.15) is 0 Å². The first-order valence-electron chi connectivity index (χ1n) is 11.3. The summed E-state index contributed by atoms with van der Waals surface area (Å²) in [6.07, 6.45) is 5.85. The van der Waals surface area contributed by atoms with Gasteiger partial charge in [0.2, 0.25) is 0 Å². The molecule has 1 aliphatic carbocycles. The van der Waals surface area contributed by atoms with Crippen molar-refractivity contribution in [1.82, 2.24) is 15.1 Å². The molecule has 0 bridgehead atoms. The average Bonchev–Trinajstić information content (AvgIpc) is 3.41. The first-order valence-corrected chi connectivity index (χ1v) is 11.3. The van der Waals surface area contributed by atoms with Crippen LogP contribution in [0.15, 0.2) is 28.7 Å². The largest absolute Gasteiger partial charge is 0.508 e. The van der Waals surface area contributed by atoms with Crippen molar-refractivity contribution in [2.75, 3.05) is 37.7 Å². The molecule has 1 atom stereocenters. The Bertz CT molecular complexity index is 931. The summed E-state index contributed by atoms with van der Waals surface area (Å²) in [5, 5.41) is 18.0. The number of hydrogen-bond donors (Lipinski definition) is 1. The average molecular weight is 427 g/mol. The third kappa shape index (κ3) is 3.89. The number of benzene rings is 1. The van der Waals surface area contributed by atoms with E-state index < -0.39 is 5.97 Å². The van der Waals surface area contributed by atoms with Crippen molar-refractivity contribution < 1.29 is 19.1 Å². The van der Waals surface area contributed by atoms with Crippen LogP contribution in [0, 0.1) is 5.41 Å². The Morgan fingerprint density at radius 2 is 2.00 bits per heavy atom. The second kappa shape index (κ2) is 8.15. The molecule has 8 nitrogen and oxygen atoms in total. The molecule has 0 radical (unpaired) electrons. The van der Waals surface area contributed by atoms with Gasteiger partial charge in [0.05, 0.1) is 6.61 Å². The highest BCUT2D eigenvalue weighted by atomic mass is 16.5. The Hall–Kier alpha value is -2.61. The van der Waals surface area contributed by atoms with Gasteiger partial charge in [0.15, 0.2) is 0 Å². The van der Waals surface area contributed by atoms with Gasteiger partial charge in [-0.15, -0.1) is 0 Å². The minimum atomic E-state index is -0.565. The number of carbonyl (C=O) groups is 1. The molecule has 8 heteroatoms. The molecule has 1 aromatic heterocycles. The number of rotatable bonds is 5. The molecule has 1 N–H and O–H groups in total. The first-order chi connectivity index (χ1) is 15.1. The fourth-order valence-electron chi connectivity index (χ4n) is 5.70. The number of ether oxygens (including phenoxy) is 1. The van der Waals surface area contributed by atoms with E-state index in [0.717, 1.165) is 44.6 Å². The maximum Gasteiger partial charge on any atom is 0.396 e. The third-order valence-corrected chi connectivity index (χ3v) is 7.29. The summed E-state index contributed by atoms with van der Waals surface area (Å²) in [5.74, 6) is 0.250. The van der Waals surface area contributed by atoms with E-state index in [9.17, 15) is 9.90 Å². The summed E-state index contributed by atoms with van der Waals surface area (Å²) in [4.78, 5) is 16.5. The fourth-order valence-corrected chi connectivity index (χ4v) is 5.70. The van der Waals surface area contributed by atoms with Crippen LogP contribution in [0.3, 0.4) is 0 Å². The minimum absolute atomic E-state index is 0.0746. The second-order valence-corrected chi connectivity index (χ2v) is 9.23. The number of aromatic hydroxyl groups is 1. The van der Waals surface area contributed by atoms with Gasteiger partial charge in [-0.05, 0) is 69.7 Å². The van der Waals surface area contributed by atoms with Gasteiger partial charge < -0.3 is 24.1 Å². The number of aromatic nitrogens is 2. The lowest BCUT2D eigenvalue weighted by molar-refractivity contribution is 0.0480. The van der Waals surface area contributed by atoms with E-state index in [-0.39, 0.29) is 12.5 Å². The predicted molar refractivity (Wildman–Crippen MR) is 114 cm³/mol. The van der Waals surface area contributed by atoms with Crippen molar-refractivity contribution in [3.8, 4) is 5.75 Å². The van der Waals surface area contributed by atoms with E-state index in [1.807, 2.05) is 12.1 Å². The van der Waals surface area contributed by atoms with Gasteiger partial charge in [0.25, 0.3) is 0 Å². The molecule has 3 heterocycles. The van der Waals surface area contributed by atoms with Crippen molar-refractivity contribution in [2.45, 2.75) is 51.0 Å². The summed E-state index contributed by atoms with van der Waals surface area (Å²) in [5.41, 5.74) is 1.42. The number of hydrogen-bond acceptors (Lipinski definition) is 8. The molecule has 0 unspecified atom stereocenters. The third-order valence-electron chi connectivity index (χ3n) is 7.29. The molecule has 2 aliphatic heterocycles. The van der Waals surface area contributed by atoms with Gasteiger partial charge in [-0.25, -0.2) is 4.79 Å². The van der Waals surface area contributed by atoms with E-state index in [1.165, 1.54) is 19.3 Å². The van der Waals surface area contributed by atoms with Crippen LogP contribution in [-0.4, -0.2) is 65.0 Å². The number of likely N-dealkylation sites (tertiary alicyclic amines) is 1. The molecule has 0 amide bonds. The Kier molecular flexibility index (Phi) is 5.33. The molecule has 1 spiro atoms. The summed E-state index contributed by atoms with van der Waals surface area (Å²) >= 11 is 0. The Labute approximate surface area is 182 Å². The number of piperidine rings is 1. The van der Waals surface area contributed by atoms with Crippen molar-refractivity contribution >= 4 is 12.0 Å². The maximum absolute atomic E-state index is 11.7. The van der Waals surface area contributed by atoms with E-state index in [1.54, 1.807) is 13.0 Å². The number of esters is 1. The van der Waals surface area contributed by atoms with Crippen molar-refractivity contribution in [3.63, 3.8) is 0 Å². The lowest BCUT2D eigenvalue weighted by atomic mass is 9.78. The molecule has 1 saturated carbocycles. The topological polar surface area (TPSA) is 91.9 Å². The number of para-hydroxylation sites is 1. The molecule has 166 valence electrons. The quantitative estimate of drug-likeness (QED) is 0.729. The summed E-state index contributed by atoms with van der Waals surface area (Å²) in [6, 6.07) is 8.81. The van der Waals surface area contributed by atoms with Gasteiger partial charge in [-0.1, -0.05) is 28.4 Å². The Balaban J connectivity index is 1.13. The number of phenols is 1. The summed E-state index contributed by atoms with van der Waals surface area (Å²) < 4.78 is 10.4. The normalized spacial score (nSPS) is 23.8. The first kappa shape index (κ1) is 20.3. The Morgan fingerprint density at radius 3 is 2.74 bits per heavy atom. The molecule has 2 saturated heterocycles. The van der Waals surface area contributed by atoms with Crippen LogP contribution in [0.1, 0.15) is 61.2 Å². The zero-order valence-corrected chi connectivity index (χ0v) is 18.0. The zero-order valence-electron chi connectivity index (χ0n) is 18.0. The number of phenolic OH excluding ortho intramolecular Hbond substituents is 1. The van der Waals surface area contributed by atoms with E-state index in [0.29, 0.717) is 29.1 Å². The zero-order chi connectivity index (χ0) is 21.4. The molecule has 3 aliphatic rings. The van der Waals surface area contributed by atoms with E-state index >= 15 is 0 Å². The van der Waals surface area contributed by atoms with Gasteiger partial charge in [0, 0.05) is 24.5 Å². The van der Waals surface area contributed by atoms with Crippen LogP contribution in [0.5, 0.6) is 5.75 Å². The number of anilines is 1. The molecular formula is C23H30N4O4. The van der Waals surface area contributed by atoms with Crippen molar-refractivity contribution in [3.05, 3.63) is 35.7 Å². The van der Waals surface area contributed by atoms with E-state index in [4.69, 9.17) is 9.15 Å². The maximum atomic E-state index is 11.7. The molecular weight excluding hydrogens is 396 g/mol.